The van der Waals surface area contributed by atoms with Gasteiger partial charge in [0.25, 0.3) is 0 Å². The lowest BCUT2D eigenvalue weighted by molar-refractivity contribution is 0.574. The van der Waals surface area contributed by atoms with Gasteiger partial charge < -0.3 is 5.32 Å². The Morgan fingerprint density at radius 1 is 0.900 bits per heavy atom. The Morgan fingerprint density at radius 3 is 2.15 bits per heavy atom. The molecule has 0 aromatic heterocycles. The van der Waals surface area contributed by atoms with Crippen molar-refractivity contribution >= 4 is 0 Å². The van der Waals surface area contributed by atoms with E-state index in [0.29, 0.717) is 12.0 Å². The number of nitrogens with one attached hydrogen (secondary N) is 1. The first-order valence-electron chi connectivity index (χ1n) is 7.45. The molecule has 2 rings (SSSR count). The van der Waals surface area contributed by atoms with Gasteiger partial charge in [-0.25, -0.2) is 0 Å². The van der Waals surface area contributed by atoms with Crippen molar-refractivity contribution in [2.45, 2.75) is 46.2 Å². The fourth-order valence-electron chi connectivity index (χ4n) is 2.38. The van der Waals surface area contributed by atoms with Gasteiger partial charge in [0.05, 0.1) is 0 Å². The van der Waals surface area contributed by atoms with Crippen LogP contribution in [0.2, 0.25) is 0 Å². The van der Waals surface area contributed by atoms with E-state index in [9.17, 15) is 0 Å². The smallest absolute Gasteiger partial charge is 0.0294 e. The summed E-state index contributed by atoms with van der Waals surface area (Å²) in [7, 11) is 0. The topological polar surface area (TPSA) is 12.0 Å². The third kappa shape index (κ3) is 3.94. The van der Waals surface area contributed by atoms with E-state index in [2.05, 4.69) is 81.5 Å². The highest BCUT2D eigenvalue weighted by Crippen LogP contribution is 2.19. The van der Waals surface area contributed by atoms with Crippen molar-refractivity contribution in [3.05, 3.63) is 70.8 Å². The molecule has 1 unspecified atom stereocenters. The summed E-state index contributed by atoms with van der Waals surface area (Å²) in [5, 5.41) is 3.59. The number of hydrogen-bond donors (Lipinski definition) is 1. The molecule has 0 heterocycles. The minimum Gasteiger partial charge on any atom is -0.306 e. The largest absolute Gasteiger partial charge is 0.306 e. The SMILES string of the molecule is Cc1cccc(CNC(C)c2ccc(C(C)C)cc2)c1. The third-order valence-electron chi connectivity index (χ3n) is 3.80. The van der Waals surface area contributed by atoms with Gasteiger partial charge in [0.15, 0.2) is 0 Å². The van der Waals surface area contributed by atoms with E-state index in [1.54, 1.807) is 0 Å². The summed E-state index contributed by atoms with van der Waals surface area (Å²) in [6.07, 6.45) is 0. The molecule has 2 aromatic carbocycles. The van der Waals surface area contributed by atoms with Crippen molar-refractivity contribution in [1.29, 1.82) is 0 Å². The summed E-state index contributed by atoms with van der Waals surface area (Å²) in [6, 6.07) is 18.0. The van der Waals surface area contributed by atoms with Crippen LogP contribution < -0.4 is 5.32 Å². The van der Waals surface area contributed by atoms with Crippen molar-refractivity contribution in [2.75, 3.05) is 0 Å². The zero-order valence-electron chi connectivity index (χ0n) is 13.0. The van der Waals surface area contributed by atoms with E-state index in [1.807, 2.05) is 0 Å². The molecule has 0 radical (unpaired) electrons. The molecular weight excluding hydrogens is 242 g/mol. The minimum atomic E-state index is 0.372. The first-order valence-corrected chi connectivity index (χ1v) is 7.45. The highest BCUT2D eigenvalue weighted by Gasteiger charge is 2.06. The average Bonchev–Trinajstić information content (AvgIpc) is 2.45. The Bertz CT molecular complexity index is 540. The van der Waals surface area contributed by atoms with Crippen LogP contribution in [0.5, 0.6) is 0 Å². The Hall–Kier alpha value is -1.60. The molecule has 106 valence electrons. The first kappa shape index (κ1) is 14.8. The van der Waals surface area contributed by atoms with E-state index in [4.69, 9.17) is 0 Å². The summed E-state index contributed by atoms with van der Waals surface area (Å²) >= 11 is 0. The van der Waals surface area contributed by atoms with Crippen molar-refractivity contribution < 1.29 is 0 Å². The highest BCUT2D eigenvalue weighted by atomic mass is 14.9. The van der Waals surface area contributed by atoms with E-state index in [1.165, 1.54) is 22.3 Å². The van der Waals surface area contributed by atoms with Crippen LogP contribution in [0.15, 0.2) is 48.5 Å². The lowest BCUT2D eigenvalue weighted by Crippen LogP contribution is -2.18. The van der Waals surface area contributed by atoms with Gasteiger partial charge >= 0.3 is 0 Å². The molecule has 1 atom stereocenters. The summed E-state index contributed by atoms with van der Waals surface area (Å²) in [4.78, 5) is 0. The van der Waals surface area contributed by atoms with Crippen LogP contribution in [0.3, 0.4) is 0 Å². The molecule has 0 fully saturated rings. The molecule has 1 N–H and O–H groups in total. The summed E-state index contributed by atoms with van der Waals surface area (Å²) in [5.74, 6) is 0.597. The lowest BCUT2D eigenvalue weighted by atomic mass is 9.99. The van der Waals surface area contributed by atoms with Gasteiger partial charge in [-0.1, -0.05) is 67.9 Å². The van der Waals surface area contributed by atoms with Gasteiger partial charge in [-0.2, -0.15) is 0 Å². The summed E-state index contributed by atoms with van der Waals surface area (Å²) in [6.45, 7) is 9.73. The molecule has 0 aliphatic carbocycles. The zero-order chi connectivity index (χ0) is 14.5. The molecule has 0 aliphatic heterocycles. The van der Waals surface area contributed by atoms with Crippen LogP contribution in [-0.4, -0.2) is 0 Å². The first-order chi connectivity index (χ1) is 9.56. The van der Waals surface area contributed by atoms with E-state index in [0.717, 1.165) is 6.54 Å². The van der Waals surface area contributed by atoms with Gasteiger partial charge in [-0.3, -0.25) is 0 Å². The number of hydrogen-bond acceptors (Lipinski definition) is 1. The van der Waals surface area contributed by atoms with Crippen LogP contribution in [0.25, 0.3) is 0 Å². The molecule has 0 saturated carbocycles. The Balaban J connectivity index is 1.96. The van der Waals surface area contributed by atoms with Gasteiger partial charge in [0.2, 0.25) is 0 Å². The second-order valence-corrected chi connectivity index (χ2v) is 5.91. The van der Waals surface area contributed by atoms with Crippen molar-refractivity contribution in [2.24, 2.45) is 0 Å². The van der Waals surface area contributed by atoms with Crippen LogP contribution in [0.4, 0.5) is 0 Å². The maximum Gasteiger partial charge on any atom is 0.0294 e. The minimum absolute atomic E-state index is 0.372. The van der Waals surface area contributed by atoms with E-state index < -0.39 is 0 Å². The normalized spacial score (nSPS) is 12.7. The molecule has 1 nitrogen and oxygen atoms in total. The Morgan fingerprint density at radius 2 is 1.55 bits per heavy atom. The Kier molecular flexibility index (Phi) is 4.97. The molecule has 1 heteroatoms. The molecule has 0 bridgehead atoms. The van der Waals surface area contributed by atoms with Gasteiger partial charge in [0, 0.05) is 12.6 Å². The van der Waals surface area contributed by atoms with E-state index >= 15 is 0 Å². The molecule has 0 amide bonds. The van der Waals surface area contributed by atoms with Crippen molar-refractivity contribution in [1.82, 2.24) is 5.32 Å². The molecule has 0 spiro atoms. The molecule has 0 saturated heterocycles. The number of rotatable bonds is 5. The van der Waals surface area contributed by atoms with Gasteiger partial charge in [-0.05, 0) is 36.5 Å². The average molecular weight is 267 g/mol. The predicted octanol–water partition coefficient (Wildman–Crippen LogP) is 4.97. The second-order valence-electron chi connectivity index (χ2n) is 5.91. The summed E-state index contributed by atoms with van der Waals surface area (Å²) < 4.78 is 0. The zero-order valence-corrected chi connectivity index (χ0v) is 13.0. The third-order valence-corrected chi connectivity index (χ3v) is 3.80. The van der Waals surface area contributed by atoms with Gasteiger partial charge in [-0.15, -0.1) is 0 Å². The Labute approximate surface area is 123 Å². The second kappa shape index (κ2) is 6.71. The number of aryl methyl sites for hydroxylation is 1. The maximum absolute atomic E-state index is 3.59. The standard InChI is InChI=1S/C19H25N/c1-14(2)18-8-10-19(11-9-18)16(4)20-13-17-7-5-6-15(3)12-17/h5-12,14,16,20H,13H2,1-4H3. The van der Waals surface area contributed by atoms with Crippen LogP contribution in [-0.2, 0) is 6.54 Å². The fraction of sp³-hybridized carbons (Fsp3) is 0.368. The quantitative estimate of drug-likeness (QED) is 0.806. The van der Waals surface area contributed by atoms with Crippen LogP contribution in [0.1, 0.15) is 55.0 Å². The molecule has 0 aliphatic rings. The van der Waals surface area contributed by atoms with Crippen LogP contribution in [0, 0.1) is 6.92 Å². The monoisotopic (exact) mass is 267 g/mol. The lowest BCUT2D eigenvalue weighted by Gasteiger charge is -2.16. The fourth-order valence-corrected chi connectivity index (χ4v) is 2.38. The molecule has 20 heavy (non-hydrogen) atoms. The molecular formula is C19H25N. The summed E-state index contributed by atoms with van der Waals surface area (Å²) in [5.41, 5.74) is 5.41. The highest BCUT2D eigenvalue weighted by molar-refractivity contribution is 5.27. The number of benzene rings is 2. The molecule has 2 aromatic rings. The predicted molar refractivity (Wildman–Crippen MR) is 87.0 cm³/mol. The maximum atomic E-state index is 3.59. The van der Waals surface area contributed by atoms with Gasteiger partial charge in [0.1, 0.15) is 0 Å². The van der Waals surface area contributed by atoms with Crippen molar-refractivity contribution in [3.8, 4) is 0 Å². The van der Waals surface area contributed by atoms with Crippen molar-refractivity contribution in [3.63, 3.8) is 0 Å². The van der Waals surface area contributed by atoms with Crippen LogP contribution >= 0.6 is 0 Å². The van der Waals surface area contributed by atoms with E-state index in [-0.39, 0.29) is 0 Å².